The van der Waals surface area contributed by atoms with Gasteiger partial charge in [-0.15, -0.1) is 0 Å². The van der Waals surface area contributed by atoms with E-state index in [2.05, 4.69) is 0 Å². The maximum absolute atomic E-state index is 13.0. The van der Waals surface area contributed by atoms with Crippen molar-refractivity contribution in [2.24, 2.45) is 5.92 Å². The third-order valence-corrected chi connectivity index (χ3v) is 5.25. The Kier molecular flexibility index (Phi) is 6.12. The summed E-state index contributed by atoms with van der Waals surface area (Å²) in [7, 11) is 0. The van der Waals surface area contributed by atoms with Gasteiger partial charge in [0.15, 0.2) is 0 Å². The average Bonchev–Trinajstić information content (AvgIpc) is 3.12. The highest BCUT2D eigenvalue weighted by Gasteiger charge is 2.37. The van der Waals surface area contributed by atoms with Crippen molar-refractivity contribution in [2.45, 2.75) is 31.5 Å². The highest BCUT2D eigenvalue weighted by atomic mass is 35.5. The highest BCUT2D eigenvalue weighted by molar-refractivity contribution is 6.31. The maximum atomic E-state index is 13.0. The van der Waals surface area contributed by atoms with E-state index in [1.807, 2.05) is 0 Å². The van der Waals surface area contributed by atoms with E-state index in [1.54, 1.807) is 4.90 Å². The van der Waals surface area contributed by atoms with Crippen molar-refractivity contribution < 1.29 is 27.6 Å². The second-order valence-corrected chi connectivity index (χ2v) is 7.23. The summed E-state index contributed by atoms with van der Waals surface area (Å²) in [5, 5.41) is 10.8. The van der Waals surface area contributed by atoms with Crippen molar-refractivity contribution >= 4 is 23.0 Å². The molecule has 2 heterocycles. The Morgan fingerprint density at radius 3 is 2.56 bits per heavy atom. The molecular formula is C17H20ClF3N2O4. The summed E-state index contributed by atoms with van der Waals surface area (Å²) in [6, 6.07) is 1.56. The molecule has 1 aromatic carbocycles. The second kappa shape index (κ2) is 8.20. The molecule has 2 aliphatic heterocycles. The fraction of sp³-hybridized carbons (Fsp3) is 0.647. The first-order valence-corrected chi connectivity index (χ1v) is 9.13. The summed E-state index contributed by atoms with van der Waals surface area (Å²) in [4.78, 5) is 12.2. The third-order valence-electron chi connectivity index (χ3n) is 4.94. The van der Waals surface area contributed by atoms with Gasteiger partial charge in [-0.25, -0.2) is 0 Å². The molecule has 0 N–H and O–H groups in total. The Morgan fingerprint density at radius 2 is 2.00 bits per heavy atom. The Hall–Kier alpha value is -1.58. The van der Waals surface area contributed by atoms with Crippen LogP contribution in [0.2, 0.25) is 5.02 Å². The quantitative estimate of drug-likeness (QED) is 0.537. The van der Waals surface area contributed by atoms with E-state index < -0.39 is 27.4 Å². The molecule has 2 saturated heterocycles. The molecule has 0 aromatic heterocycles. The topological polar surface area (TPSA) is 64.8 Å². The summed E-state index contributed by atoms with van der Waals surface area (Å²) in [5.74, 6) is 0.401. The van der Waals surface area contributed by atoms with Gasteiger partial charge < -0.3 is 14.4 Å². The zero-order valence-electron chi connectivity index (χ0n) is 14.5. The first kappa shape index (κ1) is 20.2. The number of nitro benzene ring substituents is 1. The first-order valence-electron chi connectivity index (χ1n) is 8.75. The Bertz CT molecular complexity index is 687. The molecule has 150 valence electrons. The number of piperidine rings is 1. The number of nitrogens with zero attached hydrogens (tertiary/aromatic N) is 2. The largest absolute Gasteiger partial charge is 0.418 e. The molecule has 0 spiro atoms. The molecule has 10 heteroatoms. The van der Waals surface area contributed by atoms with Crippen LogP contribution in [0.15, 0.2) is 12.1 Å². The van der Waals surface area contributed by atoms with Crippen LogP contribution in [-0.4, -0.2) is 43.9 Å². The number of halogens is 4. The predicted molar refractivity (Wildman–Crippen MR) is 93.2 cm³/mol. The first-order chi connectivity index (χ1) is 12.8. The third kappa shape index (κ3) is 4.83. The Balaban J connectivity index is 1.68. The molecule has 0 saturated carbocycles. The minimum absolute atomic E-state index is 0.0332. The average molecular weight is 409 g/mol. The van der Waals surface area contributed by atoms with Gasteiger partial charge in [0.05, 0.1) is 34.8 Å². The zero-order valence-corrected chi connectivity index (χ0v) is 15.3. The smallest absolute Gasteiger partial charge is 0.381 e. The molecule has 0 amide bonds. The molecule has 1 atom stereocenters. The Morgan fingerprint density at radius 1 is 1.30 bits per heavy atom. The molecule has 0 bridgehead atoms. The standard InChI is InChI=1S/C17H20ClF3N2O4/c18-14-8-15(16(23(24)25)7-13(14)17(19,20)21)22-4-1-12(2-5-22)27-10-11-3-6-26-9-11/h7-8,11-12H,1-6,9-10H2. The Labute approximate surface area is 159 Å². The molecule has 1 aromatic rings. The van der Waals surface area contributed by atoms with Gasteiger partial charge in [0, 0.05) is 31.7 Å². The number of hydrogen-bond acceptors (Lipinski definition) is 5. The predicted octanol–water partition coefficient (Wildman–Crippen LogP) is 4.29. The van der Waals surface area contributed by atoms with Crippen molar-refractivity contribution in [3.63, 3.8) is 0 Å². The summed E-state index contributed by atoms with van der Waals surface area (Å²) >= 11 is 5.76. The van der Waals surface area contributed by atoms with Gasteiger partial charge >= 0.3 is 6.18 Å². The van der Waals surface area contributed by atoms with Crippen molar-refractivity contribution in [1.29, 1.82) is 0 Å². The van der Waals surface area contributed by atoms with Gasteiger partial charge in [-0.1, -0.05) is 11.6 Å². The van der Waals surface area contributed by atoms with Gasteiger partial charge in [-0.05, 0) is 25.3 Å². The zero-order chi connectivity index (χ0) is 19.6. The number of nitro groups is 1. The number of benzene rings is 1. The van der Waals surface area contributed by atoms with E-state index in [4.69, 9.17) is 21.1 Å². The molecule has 0 radical (unpaired) electrons. The van der Waals surface area contributed by atoms with Gasteiger partial charge in [0.2, 0.25) is 0 Å². The lowest BCUT2D eigenvalue weighted by molar-refractivity contribution is -0.384. The van der Waals surface area contributed by atoms with Crippen molar-refractivity contribution in [3.05, 3.63) is 32.8 Å². The van der Waals surface area contributed by atoms with Crippen LogP contribution < -0.4 is 4.90 Å². The maximum Gasteiger partial charge on any atom is 0.418 e. The SMILES string of the molecule is O=[N+]([O-])c1cc(C(F)(F)F)c(Cl)cc1N1CCC(OCC2CCOC2)CC1. The molecule has 6 nitrogen and oxygen atoms in total. The van der Waals surface area contributed by atoms with Crippen LogP contribution >= 0.6 is 11.6 Å². The fourth-order valence-electron chi connectivity index (χ4n) is 3.42. The van der Waals surface area contributed by atoms with Gasteiger partial charge in [0.1, 0.15) is 5.69 Å². The molecule has 2 fully saturated rings. The van der Waals surface area contributed by atoms with Crippen LogP contribution in [0, 0.1) is 16.0 Å². The van der Waals surface area contributed by atoms with Crippen molar-refractivity contribution in [3.8, 4) is 0 Å². The van der Waals surface area contributed by atoms with Crippen LogP contribution in [-0.2, 0) is 15.7 Å². The monoisotopic (exact) mass is 408 g/mol. The fourth-order valence-corrected chi connectivity index (χ4v) is 3.68. The van der Waals surface area contributed by atoms with E-state index in [0.717, 1.165) is 19.1 Å². The normalized spacial score (nSPS) is 21.6. The lowest BCUT2D eigenvalue weighted by atomic mass is 10.0. The van der Waals surface area contributed by atoms with E-state index in [9.17, 15) is 23.3 Å². The van der Waals surface area contributed by atoms with E-state index in [-0.39, 0.29) is 11.8 Å². The highest BCUT2D eigenvalue weighted by Crippen LogP contribution is 2.42. The summed E-state index contributed by atoms with van der Waals surface area (Å²) in [6.07, 6.45) is -2.45. The van der Waals surface area contributed by atoms with Gasteiger partial charge in [-0.3, -0.25) is 10.1 Å². The molecule has 0 aliphatic carbocycles. The van der Waals surface area contributed by atoms with Crippen molar-refractivity contribution in [2.75, 3.05) is 37.8 Å². The van der Waals surface area contributed by atoms with E-state index >= 15 is 0 Å². The van der Waals surface area contributed by atoms with Gasteiger partial charge in [-0.2, -0.15) is 13.2 Å². The lowest BCUT2D eigenvalue weighted by Crippen LogP contribution is -2.38. The summed E-state index contributed by atoms with van der Waals surface area (Å²) in [6.45, 7) is 2.99. The molecule has 2 aliphatic rings. The molecule has 27 heavy (non-hydrogen) atoms. The number of anilines is 1. The summed E-state index contributed by atoms with van der Waals surface area (Å²) < 4.78 is 50.2. The number of hydrogen-bond donors (Lipinski definition) is 0. The number of rotatable bonds is 5. The number of alkyl halides is 3. The van der Waals surface area contributed by atoms with Gasteiger partial charge in [0.25, 0.3) is 5.69 Å². The van der Waals surface area contributed by atoms with Crippen LogP contribution in [0.1, 0.15) is 24.8 Å². The molecule has 1 unspecified atom stereocenters. The van der Waals surface area contributed by atoms with Crippen LogP contribution in [0.25, 0.3) is 0 Å². The minimum atomic E-state index is -4.74. The van der Waals surface area contributed by atoms with Crippen LogP contribution in [0.5, 0.6) is 0 Å². The lowest BCUT2D eigenvalue weighted by Gasteiger charge is -2.33. The van der Waals surface area contributed by atoms with Crippen molar-refractivity contribution in [1.82, 2.24) is 0 Å². The van der Waals surface area contributed by atoms with Crippen LogP contribution in [0.4, 0.5) is 24.5 Å². The molecular weight excluding hydrogens is 389 g/mol. The van der Waals surface area contributed by atoms with Crippen LogP contribution in [0.3, 0.4) is 0 Å². The second-order valence-electron chi connectivity index (χ2n) is 6.82. The minimum Gasteiger partial charge on any atom is -0.381 e. The number of ether oxygens (including phenoxy) is 2. The summed E-state index contributed by atoms with van der Waals surface area (Å²) in [5.41, 5.74) is -1.67. The molecule has 3 rings (SSSR count). The van der Waals surface area contributed by atoms with E-state index in [0.29, 0.717) is 51.1 Å². The van der Waals surface area contributed by atoms with E-state index in [1.165, 1.54) is 0 Å².